The number of hydrogen-bond acceptors (Lipinski definition) is 6. The number of rotatable bonds is 2. The van der Waals surface area contributed by atoms with E-state index in [2.05, 4.69) is 9.97 Å². The van der Waals surface area contributed by atoms with Crippen molar-refractivity contribution in [2.45, 2.75) is 19.5 Å². The van der Waals surface area contributed by atoms with Crippen molar-refractivity contribution in [2.75, 3.05) is 12.3 Å². The average Bonchev–Trinajstić information content (AvgIpc) is 2.58. The van der Waals surface area contributed by atoms with Crippen molar-refractivity contribution in [3.05, 3.63) is 67.7 Å². The molecule has 0 aliphatic carbocycles. The van der Waals surface area contributed by atoms with Gasteiger partial charge in [-0.1, -0.05) is 0 Å². The molecule has 0 saturated carbocycles. The predicted molar refractivity (Wildman–Crippen MR) is 89.5 cm³/mol. The molecule has 3 heterocycles. The number of H-pyrrole nitrogens is 1. The van der Waals surface area contributed by atoms with Crippen LogP contribution in [0.5, 0.6) is 0 Å². The maximum absolute atomic E-state index is 13.4. The molecular formula is C17H15FN4O3. The Morgan fingerprint density at radius 2 is 2.20 bits per heavy atom. The fraction of sp³-hybridized carbons (Fsp3) is 0.235. The average molecular weight is 342 g/mol. The fourth-order valence-corrected chi connectivity index (χ4v) is 3.13. The molecular weight excluding hydrogens is 327 g/mol. The van der Waals surface area contributed by atoms with Crippen LogP contribution in [-0.4, -0.2) is 21.4 Å². The van der Waals surface area contributed by atoms with Crippen molar-refractivity contribution in [1.29, 1.82) is 0 Å². The first-order valence-corrected chi connectivity index (χ1v) is 7.81. The normalized spacial score (nSPS) is 14.6. The number of aromatic nitrogens is 2. The van der Waals surface area contributed by atoms with E-state index in [1.807, 2.05) is 4.90 Å². The zero-order chi connectivity index (χ0) is 17.6. The smallest absolute Gasteiger partial charge is 0.257 e. The van der Waals surface area contributed by atoms with Crippen LogP contribution in [0.4, 0.5) is 10.3 Å². The van der Waals surface area contributed by atoms with Gasteiger partial charge in [0.15, 0.2) is 5.43 Å². The van der Waals surface area contributed by atoms with Gasteiger partial charge >= 0.3 is 0 Å². The van der Waals surface area contributed by atoms with Crippen molar-refractivity contribution in [3.8, 4) is 0 Å². The lowest BCUT2D eigenvalue weighted by atomic mass is 10.1. The molecule has 0 unspecified atom stereocenters. The molecule has 0 amide bonds. The Bertz CT molecular complexity index is 1090. The Morgan fingerprint density at radius 1 is 1.36 bits per heavy atom. The minimum absolute atomic E-state index is 0.106. The summed E-state index contributed by atoms with van der Waals surface area (Å²) in [5.74, 6) is -0.381. The van der Waals surface area contributed by atoms with E-state index < -0.39 is 5.82 Å². The minimum atomic E-state index is -0.487. The highest BCUT2D eigenvalue weighted by molar-refractivity contribution is 5.76. The van der Waals surface area contributed by atoms with Gasteiger partial charge in [-0.3, -0.25) is 19.5 Å². The summed E-state index contributed by atoms with van der Waals surface area (Å²) in [6.07, 6.45) is 1.96. The fourth-order valence-electron chi connectivity index (χ4n) is 3.13. The van der Waals surface area contributed by atoms with E-state index >= 15 is 0 Å². The zero-order valence-electron chi connectivity index (χ0n) is 13.2. The molecule has 2 aromatic heterocycles. The Hall–Kier alpha value is -3.00. The van der Waals surface area contributed by atoms with Gasteiger partial charge in [-0.2, -0.15) is 0 Å². The molecule has 0 radical (unpaired) electrons. The van der Waals surface area contributed by atoms with Crippen LogP contribution >= 0.6 is 0 Å². The highest BCUT2D eigenvalue weighted by Gasteiger charge is 2.22. The Kier molecular flexibility index (Phi) is 3.61. The lowest BCUT2D eigenvalue weighted by Gasteiger charge is -2.27. The Balaban J connectivity index is 1.65. The molecule has 128 valence electrons. The maximum atomic E-state index is 13.4. The summed E-state index contributed by atoms with van der Waals surface area (Å²) in [5, 5.41) is 0.210. The van der Waals surface area contributed by atoms with Crippen molar-refractivity contribution in [2.24, 2.45) is 0 Å². The van der Waals surface area contributed by atoms with Crippen molar-refractivity contribution < 1.29 is 8.81 Å². The monoisotopic (exact) mass is 342 g/mol. The van der Waals surface area contributed by atoms with E-state index in [1.54, 1.807) is 0 Å². The van der Waals surface area contributed by atoms with E-state index in [4.69, 9.17) is 10.2 Å². The van der Waals surface area contributed by atoms with Crippen LogP contribution in [0.1, 0.15) is 16.8 Å². The number of anilines is 1. The number of halogens is 1. The highest BCUT2D eigenvalue weighted by atomic mass is 19.1. The number of aromatic amines is 1. The van der Waals surface area contributed by atoms with Crippen LogP contribution in [0.15, 0.2) is 38.5 Å². The molecule has 3 N–H and O–H groups in total. The zero-order valence-corrected chi connectivity index (χ0v) is 13.2. The van der Waals surface area contributed by atoms with Gasteiger partial charge < -0.3 is 10.2 Å². The second-order valence-corrected chi connectivity index (χ2v) is 6.07. The SMILES string of the molecule is Nc1nc2c(c(=O)[nH]1)CN(Cc1coc3ccc(F)cc3c1=O)CC2. The first kappa shape index (κ1) is 15.5. The van der Waals surface area contributed by atoms with Crippen LogP contribution in [0.2, 0.25) is 0 Å². The highest BCUT2D eigenvalue weighted by Crippen LogP contribution is 2.18. The number of nitrogens with two attached hydrogens (primary N) is 1. The number of fused-ring (bicyclic) bond motifs is 2. The molecule has 0 fully saturated rings. The number of hydrogen-bond donors (Lipinski definition) is 2. The lowest BCUT2D eigenvalue weighted by molar-refractivity contribution is 0.239. The molecule has 0 atom stereocenters. The number of nitrogens with zero attached hydrogens (tertiary/aromatic N) is 2. The molecule has 0 saturated heterocycles. The molecule has 3 aromatic rings. The van der Waals surface area contributed by atoms with E-state index in [1.165, 1.54) is 24.5 Å². The first-order chi connectivity index (χ1) is 12.0. The van der Waals surface area contributed by atoms with E-state index in [0.717, 1.165) is 0 Å². The van der Waals surface area contributed by atoms with E-state index in [9.17, 15) is 14.0 Å². The van der Waals surface area contributed by atoms with Gasteiger partial charge in [0, 0.05) is 31.6 Å². The second-order valence-electron chi connectivity index (χ2n) is 6.07. The molecule has 1 aromatic carbocycles. The number of benzene rings is 1. The summed E-state index contributed by atoms with van der Waals surface area (Å²) in [6.45, 7) is 1.29. The van der Waals surface area contributed by atoms with Gasteiger partial charge in [-0.15, -0.1) is 0 Å². The van der Waals surface area contributed by atoms with Crippen LogP contribution in [-0.2, 0) is 19.5 Å². The van der Waals surface area contributed by atoms with Crippen LogP contribution < -0.4 is 16.7 Å². The van der Waals surface area contributed by atoms with E-state index in [-0.39, 0.29) is 22.3 Å². The van der Waals surface area contributed by atoms with Gasteiger partial charge in [-0.05, 0) is 18.2 Å². The first-order valence-electron chi connectivity index (χ1n) is 7.81. The molecule has 1 aliphatic heterocycles. The van der Waals surface area contributed by atoms with Gasteiger partial charge in [-0.25, -0.2) is 9.37 Å². The van der Waals surface area contributed by atoms with Crippen LogP contribution in [0, 0.1) is 5.82 Å². The third-order valence-corrected chi connectivity index (χ3v) is 4.37. The third-order valence-electron chi connectivity index (χ3n) is 4.37. The van der Waals surface area contributed by atoms with Crippen LogP contribution in [0.25, 0.3) is 11.0 Å². The van der Waals surface area contributed by atoms with Crippen molar-refractivity contribution >= 4 is 16.9 Å². The standard InChI is InChI=1S/C17H15FN4O3/c18-10-1-2-14-11(5-10)15(23)9(8-25-14)6-22-4-3-13-12(7-22)16(24)21-17(19)20-13/h1-2,5,8H,3-4,6-7H2,(H3,19,20,21,24). The van der Waals surface area contributed by atoms with Crippen molar-refractivity contribution in [3.63, 3.8) is 0 Å². The third kappa shape index (κ3) is 2.80. The van der Waals surface area contributed by atoms with Gasteiger partial charge in [0.1, 0.15) is 11.4 Å². The van der Waals surface area contributed by atoms with Gasteiger partial charge in [0.2, 0.25) is 5.95 Å². The number of nitrogens with one attached hydrogen (secondary N) is 1. The largest absolute Gasteiger partial charge is 0.464 e. The second kappa shape index (κ2) is 5.82. The van der Waals surface area contributed by atoms with Gasteiger partial charge in [0.25, 0.3) is 5.56 Å². The summed E-state index contributed by atoms with van der Waals surface area (Å²) in [5.41, 5.74) is 7.03. The van der Waals surface area contributed by atoms with Gasteiger partial charge in [0.05, 0.1) is 22.9 Å². The lowest BCUT2D eigenvalue weighted by Crippen LogP contribution is -2.36. The van der Waals surface area contributed by atoms with E-state index in [0.29, 0.717) is 48.5 Å². The number of nitrogen functional groups attached to an aromatic ring is 1. The summed E-state index contributed by atoms with van der Waals surface area (Å²) >= 11 is 0. The quantitative estimate of drug-likeness (QED) is 0.724. The molecule has 8 heteroatoms. The Morgan fingerprint density at radius 3 is 3.04 bits per heavy atom. The summed E-state index contributed by atoms with van der Waals surface area (Å²) < 4.78 is 18.8. The topological polar surface area (TPSA) is 105 Å². The summed E-state index contributed by atoms with van der Waals surface area (Å²) in [4.78, 5) is 33.2. The molecule has 0 bridgehead atoms. The summed E-state index contributed by atoms with van der Waals surface area (Å²) in [7, 11) is 0. The van der Waals surface area contributed by atoms with Crippen LogP contribution in [0.3, 0.4) is 0 Å². The molecule has 4 rings (SSSR count). The molecule has 25 heavy (non-hydrogen) atoms. The molecule has 0 spiro atoms. The molecule has 7 nitrogen and oxygen atoms in total. The minimum Gasteiger partial charge on any atom is -0.464 e. The molecule has 1 aliphatic rings. The maximum Gasteiger partial charge on any atom is 0.257 e. The summed E-state index contributed by atoms with van der Waals surface area (Å²) in [6, 6.07) is 3.85. The Labute approximate surface area is 140 Å². The van der Waals surface area contributed by atoms with Crippen molar-refractivity contribution in [1.82, 2.24) is 14.9 Å². The predicted octanol–water partition coefficient (Wildman–Crippen LogP) is 1.16.